The molecule has 0 spiro atoms. The number of thioether (sulfide) groups is 1. The van der Waals surface area contributed by atoms with E-state index in [4.69, 9.17) is 0 Å². The molecule has 162 valence electrons. The summed E-state index contributed by atoms with van der Waals surface area (Å²) in [7, 11) is 0. The second-order valence-electron chi connectivity index (χ2n) is 7.77. The fourth-order valence-electron chi connectivity index (χ4n) is 3.90. The van der Waals surface area contributed by atoms with Crippen molar-refractivity contribution in [1.29, 1.82) is 0 Å². The summed E-state index contributed by atoms with van der Waals surface area (Å²) in [6.07, 6.45) is 7.52. The maximum atomic E-state index is 13.3. The number of benzene rings is 1. The van der Waals surface area contributed by atoms with Crippen LogP contribution in [0.5, 0.6) is 0 Å². The third kappa shape index (κ3) is 5.07. The number of carbonyl (C=O) groups excluding carboxylic acids is 3. The highest BCUT2D eigenvalue weighted by atomic mass is 32.2. The summed E-state index contributed by atoms with van der Waals surface area (Å²) in [5.41, 5.74) is 1.56. The predicted octanol–water partition coefficient (Wildman–Crippen LogP) is 2.61. The maximum absolute atomic E-state index is 13.3. The van der Waals surface area contributed by atoms with E-state index < -0.39 is 5.25 Å². The van der Waals surface area contributed by atoms with Crippen LogP contribution in [0.3, 0.4) is 0 Å². The van der Waals surface area contributed by atoms with Crippen molar-refractivity contribution < 1.29 is 14.4 Å². The lowest BCUT2D eigenvalue weighted by Gasteiger charge is -2.34. The van der Waals surface area contributed by atoms with Gasteiger partial charge >= 0.3 is 0 Å². The number of rotatable bonds is 5. The van der Waals surface area contributed by atoms with Gasteiger partial charge in [-0.2, -0.15) is 0 Å². The van der Waals surface area contributed by atoms with E-state index in [1.807, 2.05) is 41.3 Å². The predicted molar refractivity (Wildman–Crippen MR) is 120 cm³/mol. The smallest absolute Gasteiger partial charge is 0.250 e. The molecule has 7 nitrogen and oxygen atoms in total. The van der Waals surface area contributed by atoms with Crippen molar-refractivity contribution in [3.63, 3.8) is 0 Å². The first-order chi connectivity index (χ1) is 15.1. The van der Waals surface area contributed by atoms with Crippen molar-refractivity contribution in [2.24, 2.45) is 0 Å². The van der Waals surface area contributed by atoms with Gasteiger partial charge in [0.15, 0.2) is 5.25 Å². The van der Waals surface area contributed by atoms with Crippen LogP contribution in [0.1, 0.15) is 31.2 Å². The van der Waals surface area contributed by atoms with Crippen LogP contribution in [-0.2, 0) is 20.9 Å². The summed E-state index contributed by atoms with van der Waals surface area (Å²) in [5.74, 6) is -0.749. The normalized spacial score (nSPS) is 18.8. The van der Waals surface area contributed by atoms with E-state index >= 15 is 0 Å². The molecule has 1 N–H and O–H groups in total. The molecule has 31 heavy (non-hydrogen) atoms. The Morgan fingerprint density at radius 2 is 1.84 bits per heavy atom. The molecule has 8 heteroatoms. The van der Waals surface area contributed by atoms with E-state index in [-0.39, 0.29) is 24.3 Å². The van der Waals surface area contributed by atoms with Gasteiger partial charge in [-0.05, 0) is 36.6 Å². The van der Waals surface area contributed by atoms with Crippen molar-refractivity contribution in [3.8, 4) is 0 Å². The molecule has 0 bridgehead atoms. The number of amides is 3. The van der Waals surface area contributed by atoms with E-state index in [1.54, 1.807) is 12.4 Å². The van der Waals surface area contributed by atoms with Gasteiger partial charge < -0.3 is 15.1 Å². The molecule has 0 saturated carbocycles. The monoisotopic (exact) mass is 438 g/mol. The van der Waals surface area contributed by atoms with Crippen molar-refractivity contribution in [2.45, 2.75) is 42.4 Å². The Kier molecular flexibility index (Phi) is 6.86. The number of nitrogens with zero attached hydrogens (tertiary/aromatic N) is 3. The average Bonchev–Trinajstić information content (AvgIpc) is 3.09. The van der Waals surface area contributed by atoms with Crippen molar-refractivity contribution in [3.05, 3.63) is 54.4 Å². The summed E-state index contributed by atoms with van der Waals surface area (Å²) in [6.45, 7) is 1.59. The van der Waals surface area contributed by atoms with Gasteiger partial charge in [0.1, 0.15) is 6.54 Å². The molecule has 2 aromatic rings. The second kappa shape index (κ2) is 9.96. The molecule has 1 aromatic heterocycles. The average molecular weight is 439 g/mol. The van der Waals surface area contributed by atoms with Gasteiger partial charge in [-0.25, -0.2) is 0 Å². The quantitative estimate of drug-likeness (QED) is 0.726. The minimum absolute atomic E-state index is 0.125. The first kappa shape index (κ1) is 21.4. The molecule has 3 heterocycles. The Morgan fingerprint density at radius 1 is 1.06 bits per heavy atom. The van der Waals surface area contributed by atoms with Crippen LogP contribution in [0, 0.1) is 0 Å². The zero-order valence-corrected chi connectivity index (χ0v) is 18.1. The van der Waals surface area contributed by atoms with Gasteiger partial charge in [-0.3, -0.25) is 19.4 Å². The van der Waals surface area contributed by atoms with E-state index in [9.17, 15) is 14.4 Å². The third-order valence-corrected chi connectivity index (χ3v) is 6.79. The zero-order valence-electron chi connectivity index (χ0n) is 17.3. The second-order valence-corrected chi connectivity index (χ2v) is 8.91. The summed E-state index contributed by atoms with van der Waals surface area (Å²) in [5, 5.41) is 1.99. The molecule has 0 radical (unpaired) electrons. The standard InChI is InChI=1S/C23H26N4O3S/c28-20(25-15-17-8-7-11-24-14-17)16-27-18-9-3-4-10-19(18)31-21(23(27)30)22(29)26-12-5-1-2-6-13-26/h3-4,7-11,14,21H,1-2,5-6,12-13,15-16H2,(H,25,28)/t21-/m1/s1. The highest BCUT2D eigenvalue weighted by Gasteiger charge is 2.40. The van der Waals surface area contributed by atoms with Gasteiger partial charge in [0.05, 0.1) is 5.69 Å². The number of nitrogens with one attached hydrogen (secondary N) is 1. The molecule has 0 aliphatic carbocycles. The molecular formula is C23H26N4O3S. The highest BCUT2D eigenvalue weighted by molar-refractivity contribution is 8.01. The lowest BCUT2D eigenvalue weighted by molar-refractivity contribution is -0.135. The van der Waals surface area contributed by atoms with Gasteiger partial charge in [-0.15, -0.1) is 11.8 Å². The number of para-hydroxylation sites is 1. The number of hydrogen-bond donors (Lipinski definition) is 1. The Morgan fingerprint density at radius 3 is 2.58 bits per heavy atom. The fraction of sp³-hybridized carbons (Fsp3) is 0.391. The van der Waals surface area contributed by atoms with Gasteiger partial charge in [0, 0.05) is 36.9 Å². The van der Waals surface area contributed by atoms with Crippen LogP contribution >= 0.6 is 11.8 Å². The first-order valence-electron chi connectivity index (χ1n) is 10.6. The topological polar surface area (TPSA) is 82.6 Å². The number of hydrogen-bond acceptors (Lipinski definition) is 5. The summed E-state index contributed by atoms with van der Waals surface area (Å²) < 4.78 is 0. The Hall–Kier alpha value is -2.87. The number of anilines is 1. The van der Waals surface area contributed by atoms with Crippen LogP contribution in [0.15, 0.2) is 53.7 Å². The molecule has 1 aromatic carbocycles. The maximum Gasteiger partial charge on any atom is 0.250 e. The number of pyridine rings is 1. The lowest BCUT2D eigenvalue weighted by atomic mass is 10.2. The van der Waals surface area contributed by atoms with Crippen molar-refractivity contribution in [2.75, 3.05) is 24.5 Å². The van der Waals surface area contributed by atoms with Crippen LogP contribution in [-0.4, -0.2) is 52.5 Å². The zero-order chi connectivity index (χ0) is 21.6. The van der Waals surface area contributed by atoms with E-state index in [0.717, 1.165) is 36.1 Å². The van der Waals surface area contributed by atoms with Gasteiger partial charge in [-0.1, -0.05) is 31.0 Å². The molecular weight excluding hydrogens is 412 g/mol. The molecule has 1 saturated heterocycles. The van der Waals surface area contributed by atoms with E-state index in [2.05, 4.69) is 10.3 Å². The fourth-order valence-corrected chi connectivity index (χ4v) is 5.08. The van der Waals surface area contributed by atoms with Crippen LogP contribution < -0.4 is 10.2 Å². The SMILES string of the molecule is O=C(CN1C(=O)[C@@H](C(=O)N2CCCCCC2)Sc2ccccc21)NCc1cccnc1. The molecule has 1 atom stereocenters. The number of likely N-dealkylation sites (tertiary alicyclic amines) is 1. The Balaban J connectivity index is 1.49. The minimum atomic E-state index is -0.848. The van der Waals surface area contributed by atoms with Crippen molar-refractivity contribution >= 4 is 35.2 Å². The van der Waals surface area contributed by atoms with Gasteiger partial charge in [0.25, 0.3) is 5.91 Å². The Labute approximate surface area is 186 Å². The van der Waals surface area contributed by atoms with Crippen LogP contribution in [0.4, 0.5) is 5.69 Å². The molecule has 0 unspecified atom stereocenters. The lowest BCUT2D eigenvalue weighted by Crippen LogP contribution is -2.52. The van der Waals surface area contributed by atoms with Crippen LogP contribution in [0.25, 0.3) is 0 Å². The third-order valence-electron chi connectivity index (χ3n) is 5.55. The summed E-state index contributed by atoms with van der Waals surface area (Å²) in [6, 6.07) is 11.1. The summed E-state index contributed by atoms with van der Waals surface area (Å²) >= 11 is 1.29. The number of aromatic nitrogens is 1. The van der Waals surface area contributed by atoms with Crippen LogP contribution in [0.2, 0.25) is 0 Å². The van der Waals surface area contributed by atoms with E-state index in [1.165, 1.54) is 16.7 Å². The Bertz CT molecular complexity index is 945. The summed E-state index contributed by atoms with van der Waals surface area (Å²) in [4.78, 5) is 47.3. The van der Waals surface area contributed by atoms with Crippen molar-refractivity contribution in [1.82, 2.24) is 15.2 Å². The van der Waals surface area contributed by atoms with Gasteiger partial charge in [0.2, 0.25) is 11.8 Å². The molecule has 3 amide bonds. The highest BCUT2D eigenvalue weighted by Crippen LogP contribution is 2.39. The molecule has 2 aliphatic heterocycles. The number of carbonyl (C=O) groups is 3. The first-order valence-corrected chi connectivity index (χ1v) is 11.5. The molecule has 2 aliphatic rings. The molecule has 1 fully saturated rings. The molecule has 4 rings (SSSR count). The largest absolute Gasteiger partial charge is 0.350 e. The van der Waals surface area contributed by atoms with E-state index in [0.29, 0.717) is 25.3 Å². The minimum Gasteiger partial charge on any atom is -0.350 e. The number of fused-ring (bicyclic) bond motifs is 1.